The van der Waals surface area contributed by atoms with E-state index in [0.717, 1.165) is 5.69 Å². The van der Waals surface area contributed by atoms with Crippen LogP contribution >= 0.6 is 0 Å². The molecule has 0 bridgehead atoms. The number of aromatic nitrogens is 2. The Labute approximate surface area is 124 Å². The van der Waals surface area contributed by atoms with Gasteiger partial charge in [-0.2, -0.15) is 5.10 Å². The van der Waals surface area contributed by atoms with E-state index in [1.807, 2.05) is 20.8 Å². The number of carbonyl (C=O) groups excluding carboxylic acids is 1. The van der Waals surface area contributed by atoms with Gasteiger partial charge in [0.05, 0.1) is 5.69 Å². The van der Waals surface area contributed by atoms with Crippen molar-refractivity contribution in [2.75, 3.05) is 6.61 Å². The lowest BCUT2D eigenvalue weighted by Gasteiger charge is -2.16. The number of rotatable bonds is 7. The van der Waals surface area contributed by atoms with E-state index in [2.05, 4.69) is 10.4 Å². The van der Waals surface area contributed by atoms with Gasteiger partial charge >= 0.3 is 5.97 Å². The molecule has 118 valence electrons. The van der Waals surface area contributed by atoms with Gasteiger partial charge in [-0.05, 0) is 26.2 Å². The van der Waals surface area contributed by atoms with Crippen LogP contribution in [0, 0.1) is 19.8 Å². The minimum absolute atomic E-state index is 0.176. The van der Waals surface area contributed by atoms with Crippen molar-refractivity contribution >= 4 is 11.9 Å². The van der Waals surface area contributed by atoms with Gasteiger partial charge in [0.15, 0.2) is 12.4 Å². The number of nitrogens with zero attached hydrogens (tertiary/aromatic N) is 2. The fraction of sp³-hybridized carbons (Fsp3) is 0.643. The highest BCUT2D eigenvalue weighted by molar-refractivity contribution is 5.84. The lowest BCUT2D eigenvalue weighted by atomic mass is 10.0. The predicted octanol–water partition coefficient (Wildman–Crippen LogP) is 1.03. The Bertz CT molecular complexity index is 523. The van der Waals surface area contributed by atoms with Crippen LogP contribution in [0.4, 0.5) is 0 Å². The Morgan fingerprint density at radius 3 is 2.43 bits per heavy atom. The van der Waals surface area contributed by atoms with Gasteiger partial charge in [0.25, 0.3) is 5.91 Å². The van der Waals surface area contributed by atoms with E-state index in [-0.39, 0.29) is 12.5 Å². The summed E-state index contributed by atoms with van der Waals surface area (Å²) in [5.41, 5.74) is 1.51. The quantitative estimate of drug-likeness (QED) is 0.784. The average molecular weight is 297 g/mol. The third kappa shape index (κ3) is 4.77. The van der Waals surface area contributed by atoms with E-state index in [4.69, 9.17) is 9.84 Å². The molecule has 0 aromatic carbocycles. The van der Waals surface area contributed by atoms with Gasteiger partial charge < -0.3 is 15.2 Å². The zero-order chi connectivity index (χ0) is 16.2. The molecule has 1 heterocycles. The van der Waals surface area contributed by atoms with Gasteiger partial charge in [0.1, 0.15) is 11.7 Å². The summed E-state index contributed by atoms with van der Waals surface area (Å²) in [5.74, 6) is -0.755. The van der Waals surface area contributed by atoms with Gasteiger partial charge in [-0.15, -0.1) is 0 Å². The van der Waals surface area contributed by atoms with Crippen molar-refractivity contribution in [3.63, 3.8) is 0 Å². The molecule has 21 heavy (non-hydrogen) atoms. The molecule has 0 aliphatic heterocycles. The fourth-order valence-corrected chi connectivity index (χ4v) is 2.03. The first-order valence-electron chi connectivity index (χ1n) is 6.87. The third-order valence-corrected chi connectivity index (χ3v) is 3.13. The van der Waals surface area contributed by atoms with E-state index in [1.165, 1.54) is 0 Å². The summed E-state index contributed by atoms with van der Waals surface area (Å²) in [5, 5.41) is 15.7. The first-order chi connectivity index (χ1) is 9.72. The van der Waals surface area contributed by atoms with Crippen molar-refractivity contribution in [1.29, 1.82) is 0 Å². The topological polar surface area (TPSA) is 93.5 Å². The molecule has 0 saturated heterocycles. The molecule has 1 atom stereocenters. The SMILES string of the molecule is Cc1nn(C)c(C)c1OCC(=O)N[C@@H](CC(C)C)C(=O)O. The van der Waals surface area contributed by atoms with E-state index >= 15 is 0 Å². The van der Waals surface area contributed by atoms with Crippen LogP contribution in [0.5, 0.6) is 5.75 Å². The molecular weight excluding hydrogens is 274 g/mol. The van der Waals surface area contributed by atoms with Crippen molar-refractivity contribution in [2.24, 2.45) is 13.0 Å². The molecule has 0 saturated carbocycles. The molecule has 0 spiro atoms. The van der Waals surface area contributed by atoms with Crippen molar-refractivity contribution in [3.05, 3.63) is 11.4 Å². The number of aryl methyl sites for hydroxylation is 2. The maximum absolute atomic E-state index is 11.8. The molecule has 1 aromatic rings. The summed E-state index contributed by atoms with van der Waals surface area (Å²) >= 11 is 0. The predicted molar refractivity (Wildman–Crippen MR) is 77.2 cm³/mol. The molecule has 0 aliphatic carbocycles. The van der Waals surface area contributed by atoms with Crippen LogP contribution in [0.2, 0.25) is 0 Å². The third-order valence-electron chi connectivity index (χ3n) is 3.13. The van der Waals surface area contributed by atoms with E-state index < -0.39 is 17.9 Å². The first-order valence-corrected chi connectivity index (χ1v) is 6.87. The summed E-state index contributed by atoms with van der Waals surface area (Å²) in [6.45, 7) is 7.21. The van der Waals surface area contributed by atoms with Gasteiger partial charge in [-0.1, -0.05) is 13.8 Å². The Morgan fingerprint density at radius 1 is 1.38 bits per heavy atom. The van der Waals surface area contributed by atoms with Gasteiger partial charge in [0, 0.05) is 7.05 Å². The van der Waals surface area contributed by atoms with Crippen molar-refractivity contribution in [2.45, 2.75) is 40.2 Å². The number of carboxylic acids is 1. The molecule has 1 amide bonds. The number of hydrogen-bond donors (Lipinski definition) is 2. The minimum atomic E-state index is -1.04. The number of hydrogen-bond acceptors (Lipinski definition) is 4. The largest absolute Gasteiger partial charge is 0.480 e. The normalized spacial score (nSPS) is 12.3. The zero-order valence-electron chi connectivity index (χ0n) is 13.1. The molecule has 0 aliphatic rings. The van der Waals surface area contributed by atoms with Crippen LogP contribution in [0.1, 0.15) is 31.7 Å². The van der Waals surface area contributed by atoms with Crippen molar-refractivity contribution < 1.29 is 19.4 Å². The van der Waals surface area contributed by atoms with Gasteiger partial charge in [-0.25, -0.2) is 4.79 Å². The molecule has 0 fully saturated rings. The number of carboxylic acid groups (broad SMARTS) is 1. The van der Waals surface area contributed by atoms with Gasteiger partial charge in [-0.3, -0.25) is 9.48 Å². The summed E-state index contributed by atoms with van der Waals surface area (Å²) in [4.78, 5) is 22.9. The van der Waals surface area contributed by atoms with Crippen LogP contribution < -0.4 is 10.1 Å². The highest BCUT2D eigenvalue weighted by Gasteiger charge is 2.21. The maximum atomic E-state index is 11.8. The molecule has 7 nitrogen and oxygen atoms in total. The van der Waals surface area contributed by atoms with Crippen LogP contribution in [-0.4, -0.2) is 39.4 Å². The molecular formula is C14H23N3O4. The second kappa shape index (κ2) is 7.10. The Hall–Kier alpha value is -2.05. The standard InChI is InChI=1S/C14H23N3O4/c1-8(2)6-11(14(19)20)15-12(18)7-21-13-9(3)16-17(5)10(13)4/h8,11H,6-7H2,1-5H3,(H,15,18)(H,19,20)/t11-/m0/s1. The summed E-state index contributed by atoms with van der Waals surface area (Å²) in [6.07, 6.45) is 0.381. The minimum Gasteiger partial charge on any atom is -0.480 e. The zero-order valence-corrected chi connectivity index (χ0v) is 13.1. The monoisotopic (exact) mass is 297 g/mol. The first kappa shape index (κ1) is 17.0. The average Bonchev–Trinajstić information content (AvgIpc) is 2.60. The highest BCUT2D eigenvalue weighted by atomic mass is 16.5. The van der Waals surface area contributed by atoms with Crippen LogP contribution in [0.3, 0.4) is 0 Å². The number of aliphatic carboxylic acids is 1. The second-order valence-electron chi connectivity index (χ2n) is 5.50. The van der Waals surface area contributed by atoms with Crippen LogP contribution in [-0.2, 0) is 16.6 Å². The lowest BCUT2D eigenvalue weighted by molar-refractivity contribution is -0.142. The van der Waals surface area contributed by atoms with Crippen LogP contribution in [0.15, 0.2) is 0 Å². The molecule has 1 rings (SSSR count). The molecule has 0 radical (unpaired) electrons. The van der Waals surface area contributed by atoms with Crippen LogP contribution in [0.25, 0.3) is 0 Å². The van der Waals surface area contributed by atoms with Crippen molar-refractivity contribution in [1.82, 2.24) is 15.1 Å². The smallest absolute Gasteiger partial charge is 0.326 e. The lowest BCUT2D eigenvalue weighted by Crippen LogP contribution is -2.43. The Balaban J connectivity index is 2.59. The Morgan fingerprint density at radius 2 is 2.00 bits per heavy atom. The van der Waals surface area contributed by atoms with E-state index in [9.17, 15) is 9.59 Å². The fourth-order valence-electron chi connectivity index (χ4n) is 2.03. The molecule has 2 N–H and O–H groups in total. The van der Waals surface area contributed by atoms with Gasteiger partial charge in [0.2, 0.25) is 0 Å². The highest BCUT2D eigenvalue weighted by Crippen LogP contribution is 2.21. The maximum Gasteiger partial charge on any atom is 0.326 e. The second-order valence-corrected chi connectivity index (χ2v) is 5.50. The summed E-state index contributed by atoms with van der Waals surface area (Å²) in [6, 6.07) is -0.891. The van der Waals surface area contributed by atoms with E-state index in [1.54, 1.807) is 18.7 Å². The number of carbonyl (C=O) groups is 2. The van der Waals surface area contributed by atoms with Crippen molar-refractivity contribution in [3.8, 4) is 5.75 Å². The summed E-state index contributed by atoms with van der Waals surface area (Å²) in [7, 11) is 1.79. The molecule has 1 aromatic heterocycles. The number of ether oxygens (including phenoxy) is 1. The number of amides is 1. The molecule has 7 heteroatoms. The van der Waals surface area contributed by atoms with E-state index in [0.29, 0.717) is 17.9 Å². The Kier molecular flexibility index (Phi) is 5.75. The number of nitrogens with one attached hydrogen (secondary N) is 1. The summed E-state index contributed by atoms with van der Waals surface area (Å²) < 4.78 is 7.12. The molecule has 0 unspecified atom stereocenters.